The molecule has 0 aliphatic carbocycles. The van der Waals surface area contributed by atoms with Gasteiger partial charge < -0.3 is 14.8 Å². The molecule has 2 aromatic carbocycles. The Bertz CT molecular complexity index is 861. The van der Waals surface area contributed by atoms with Crippen LogP contribution < -0.4 is 14.8 Å². The molecule has 1 fully saturated rings. The molecule has 0 spiro atoms. The molecule has 3 rings (SSSR count). The Kier molecular flexibility index (Phi) is 7.25. The van der Waals surface area contributed by atoms with Crippen molar-refractivity contribution < 1.29 is 18.7 Å². The van der Waals surface area contributed by atoms with Crippen LogP contribution in [-0.2, 0) is 11.3 Å². The fourth-order valence-corrected chi connectivity index (χ4v) is 3.47. The van der Waals surface area contributed by atoms with Gasteiger partial charge in [0.25, 0.3) is 0 Å². The summed E-state index contributed by atoms with van der Waals surface area (Å²) in [6.45, 7) is 2.41. The highest BCUT2D eigenvalue weighted by atomic mass is 19.1. The van der Waals surface area contributed by atoms with Crippen molar-refractivity contribution in [3.8, 4) is 11.5 Å². The molecule has 29 heavy (non-hydrogen) atoms. The first-order valence-corrected chi connectivity index (χ1v) is 9.75. The molecule has 1 aliphatic rings. The minimum absolute atomic E-state index is 0.0940. The second-order valence-corrected chi connectivity index (χ2v) is 7.14. The molecule has 1 heterocycles. The molecule has 6 heteroatoms. The zero-order chi connectivity index (χ0) is 20.6. The van der Waals surface area contributed by atoms with Crippen LogP contribution in [0.25, 0.3) is 6.08 Å². The fourth-order valence-electron chi connectivity index (χ4n) is 3.47. The Labute approximate surface area is 171 Å². The number of ether oxygens (including phenoxy) is 2. The number of benzene rings is 2. The molecule has 1 N–H and O–H groups in total. The minimum atomic E-state index is -0.338. The number of hydrogen-bond acceptors (Lipinski definition) is 4. The lowest BCUT2D eigenvalue weighted by Gasteiger charge is -2.32. The van der Waals surface area contributed by atoms with Crippen LogP contribution in [0.4, 0.5) is 4.39 Å². The third-order valence-corrected chi connectivity index (χ3v) is 5.08. The number of hydrogen-bond donors (Lipinski definition) is 1. The van der Waals surface area contributed by atoms with E-state index in [4.69, 9.17) is 9.47 Å². The van der Waals surface area contributed by atoms with Crippen molar-refractivity contribution in [2.45, 2.75) is 25.4 Å². The summed E-state index contributed by atoms with van der Waals surface area (Å²) in [5.41, 5.74) is 1.84. The Morgan fingerprint density at radius 1 is 1.17 bits per heavy atom. The molecule has 0 aromatic heterocycles. The van der Waals surface area contributed by atoms with E-state index < -0.39 is 0 Å². The second kappa shape index (κ2) is 10.1. The van der Waals surface area contributed by atoms with Gasteiger partial charge in [-0.1, -0.05) is 18.2 Å². The van der Waals surface area contributed by atoms with E-state index in [-0.39, 0.29) is 23.5 Å². The van der Waals surface area contributed by atoms with Crippen molar-refractivity contribution in [2.24, 2.45) is 0 Å². The van der Waals surface area contributed by atoms with E-state index in [1.165, 1.54) is 13.2 Å². The molecule has 1 amide bonds. The zero-order valence-corrected chi connectivity index (χ0v) is 16.9. The largest absolute Gasteiger partial charge is 0.497 e. The van der Waals surface area contributed by atoms with Crippen LogP contribution in [0.2, 0.25) is 0 Å². The zero-order valence-electron chi connectivity index (χ0n) is 16.9. The van der Waals surface area contributed by atoms with Crippen molar-refractivity contribution in [3.05, 3.63) is 65.5 Å². The fraction of sp³-hybridized carbons (Fsp3) is 0.348. The van der Waals surface area contributed by atoms with E-state index in [0.717, 1.165) is 42.8 Å². The average molecular weight is 398 g/mol. The van der Waals surface area contributed by atoms with Gasteiger partial charge in [-0.2, -0.15) is 0 Å². The number of amides is 1. The van der Waals surface area contributed by atoms with Crippen molar-refractivity contribution in [2.75, 3.05) is 27.3 Å². The topological polar surface area (TPSA) is 50.8 Å². The van der Waals surface area contributed by atoms with Crippen molar-refractivity contribution >= 4 is 12.0 Å². The monoisotopic (exact) mass is 398 g/mol. The molecule has 0 unspecified atom stereocenters. The molecule has 1 saturated heterocycles. The maximum atomic E-state index is 13.8. The van der Waals surface area contributed by atoms with Crippen LogP contribution in [0, 0.1) is 5.82 Å². The Morgan fingerprint density at radius 2 is 1.97 bits per heavy atom. The highest BCUT2D eigenvalue weighted by Gasteiger charge is 2.20. The minimum Gasteiger partial charge on any atom is -0.497 e. The highest BCUT2D eigenvalue weighted by molar-refractivity contribution is 5.91. The lowest BCUT2D eigenvalue weighted by atomic mass is 10.0. The summed E-state index contributed by atoms with van der Waals surface area (Å²) in [7, 11) is 3.08. The van der Waals surface area contributed by atoms with Gasteiger partial charge in [-0.25, -0.2) is 4.39 Å². The van der Waals surface area contributed by atoms with E-state index in [2.05, 4.69) is 10.2 Å². The first-order valence-electron chi connectivity index (χ1n) is 9.75. The molecule has 0 saturated carbocycles. The molecular weight excluding hydrogens is 371 g/mol. The summed E-state index contributed by atoms with van der Waals surface area (Å²) < 4.78 is 24.0. The molecule has 2 aromatic rings. The first kappa shape index (κ1) is 20.9. The van der Waals surface area contributed by atoms with E-state index in [0.29, 0.717) is 6.54 Å². The van der Waals surface area contributed by atoms with E-state index in [1.807, 2.05) is 30.3 Å². The van der Waals surface area contributed by atoms with E-state index in [9.17, 15) is 9.18 Å². The van der Waals surface area contributed by atoms with Gasteiger partial charge in [0.2, 0.25) is 5.91 Å². The lowest BCUT2D eigenvalue weighted by molar-refractivity contribution is -0.117. The van der Waals surface area contributed by atoms with Crippen molar-refractivity contribution in [3.63, 3.8) is 0 Å². The third kappa shape index (κ3) is 6.06. The smallest absolute Gasteiger partial charge is 0.244 e. The second-order valence-electron chi connectivity index (χ2n) is 7.14. The summed E-state index contributed by atoms with van der Waals surface area (Å²) in [5, 5.41) is 3.07. The van der Waals surface area contributed by atoms with Crippen LogP contribution in [-0.4, -0.2) is 44.2 Å². The Morgan fingerprint density at radius 3 is 2.66 bits per heavy atom. The highest BCUT2D eigenvalue weighted by Crippen LogP contribution is 2.20. The van der Waals surface area contributed by atoms with Gasteiger partial charge in [-0.05, 0) is 54.3 Å². The van der Waals surface area contributed by atoms with Gasteiger partial charge >= 0.3 is 0 Å². The van der Waals surface area contributed by atoms with Crippen LogP contribution in [0.15, 0.2) is 48.5 Å². The lowest BCUT2D eigenvalue weighted by Crippen LogP contribution is -2.43. The van der Waals surface area contributed by atoms with Gasteiger partial charge in [0, 0.05) is 31.8 Å². The summed E-state index contributed by atoms with van der Waals surface area (Å²) in [6.07, 6.45) is 5.08. The average Bonchev–Trinajstić information content (AvgIpc) is 2.74. The van der Waals surface area contributed by atoms with Gasteiger partial charge in [0.1, 0.15) is 5.75 Å². The first-order chi connectivity index (χ1) is 14.1. The predicted octanol–water partition coefficient (Wildman–Crippen LogP) is 3.64. The van der Waals surface area contributed by atoms with Gasteiger partial charge in [0.15, 0.2) is 11.6 Å². The van der Waals surface area contributed by atoms with Gasteiger partial charge in [-0.15, -0.1) is 0 Å². The Balaban J connectivity index is 1.45. The number of halogens is 1. The number of nitrogens with zero attached hydrogens (tertiary/aromatic N) is 1. The predicted molar refractivity (Wildman–Crippen MR) is 111 cm³/mol. The molecule has 0 radical (unpaired) electrons. The molecule has 0 atom stereocenters. The van der Waals surface area contributed by atoms with Crippen LogP contribution in [0.5, 0.6) is 11.5 Å². The molecular formula is C23H27FN2O3. The standard InChI is InChI=1S/C23H27FN2O3/c1-28-20-5-3-4-17(14-20)7-9-23(27)25-19-10-12-26(13-11-19)16-18-6-8-22(29-2)21(24)15-18/h3-9,14-15,19H,10-13,16H2,1-2H3,(H,25,27)/b9-7+. The maximum absolute atomic E-state index is 13.8. The summed E-state index contributed by atoms with van der Waals surface area (Å²) >= 11 is 0. The molecule has 5 nitrogen and oxygen atoms in total. The van der Waals surface area contributed by atoms with Crippen LogP contribution >= 0.6 is 0 Å². The number of nitrogens with one attached hydrogen (secondary N) is 1. The number of methoxy groups -OCH3 is 2. The normalized spacial score (nSPS) is 15.4. The molecule has 0 bridgehead atoms. The van der Waals surface area contributed by atoms with E-state index >= 15 is 0 Å². The maximum Gasteiger partial charge on any atom is 0.244 e. The third-order valence-electron chi connectivity index (χ3n) is 5.08. The molecule has 1 aliphatic heterocycles. The molecule has 154 valence electrons. The SMILES string of the molecule is COc1cccc(/C=C/C(=O)NC2CCN(Cc3ccc(OC)c(F)c3)CC2)c1. The summed E-state index contributed by atoms with van der Waals surface area (Å²) in [6, 6.07) is 12.8. The van der Waals surface area contributed by atoms with Crippen LogP contribution in [0.1, 0.15) is 24.0 Å². The van der Waals surface area contributed by atoms with Crippen molar-refractivity contribution in [1.29, 1.82) is 0 Å². The van der Waals surface area contributed by atoms with Gasteiger partial charge in [0.05, 0.1) is 14.2 Å². The van der Waals surface area contributed by atoms with Crippen LogP contribution in [0.3, 0.4) is 0 Å². The van der Waals surface area contributed by atoms with Gasteiger partial charge in [-0.3, -0.25) is 9.69 Å². The Hall–Kier alpha value is -2.86. The number of rotatable bonds is 7. The summed E-state index contributed by atoms with van der Waals surface area (Å²) in [4.78, 5) is 14.5. The number of piperidine rings is 1. The number of carbonyl (C=O) groups is 1. The number of carbonyl (C=O) groups excluding carboxylic acids is 1. The van der Waals surface area contributed by atoms with Crippen molar-refractivity contribution in [1.82, 2.24) is 10.2 Å². The summed E-state index contributed by atoms with van der Waals surface area (Å²) in [5.74, 6) is 0.590. The quantitative estimate of drug-likeness (QED) is 0.724. The van der Waals surface area contributed by atoms with E-state index in [1.54, 1.807) is 25.3 Å². The number of likely N-dealkylation sites (tertiary alicyclic amines) is 1.